The van der Waals surface area contributed by atoms with Crippen molar-refractivity contribution >= 4 is 46.5 Å². The largest absolute Gasteiger partial charge is 0.398 e. The minimum atomic E-state index is -2.00. The van der Waals surface area contributed by atoms with Crippen LogP contribution in [0.2, 0.25) is 0 Å². The molecule has 0 rings (SSSR count). The van der Waals surface area contributed by atoms with Crippen molar-refractivity contribution in [2.45, 2.75) is 17.1 Å². The number of nitrogens with two attached hydrogens (primary N) is 2. The number of ketones is 1. The Bertz CT molecular complexity index is 294. The summed E-state index contributed by atoms with van der Waals surface area (Å²) in [6.45, 7) is 1.54. The Kier molecular flexibility index (Phi) is 4.71. The zero-order valence-electron chi connectivity index (χ0n) is 7.31. The van der Waals surface area contributed by atoms with Crippen molar-refractivity contribution in [3.05, 3.63) is 11.3 Å². The third-order valence-corrected chi connectivity index (χ3v) is 2.03. The van der Waals surface area contributed by atoms with E-state index in [1.807, 2.05) is 0 Å². The van der Waals surface area contributed by atoms with E-state index in [1.165, 1.54) is 6.92 Å². The fourth-order valence-electron chi connectivity index (χ4n) is 0.739. The average molecular weight is 260 g/mol. The van der Waals surface area contributed by atoms with Gasteiger partial charge in [0.25, 0.3) is 5.91 Å². The van der Waals surface area contributed by atoms with Gasteiger partial charge in [-0.05, 0) is 0 Å². The number of halogens is 3. The van der Waals surface area contributed by atoms with Gasteiger partial charge in [-0.3, -0.25) is 9.59 Å². The van der Waals surface area contributed by atoms with Crippen LogP contribution in [-0.4, -0.2) is 15.5 Å². The summed E-state index contributed by atoms with van der Waals surface area (Å²) in [5.41, 5.74) is 9.38. The lowest BCUT2D eigenvalue weighted by Crippen LogP contribution is -2.29. The number of primary amides is 1. The number of hydrogen-bond donors (Lipinski definition) is 2. The number of rotatable bonds is 3. The summed E-state index contributed by atoms with van der Waals surface area (Å²) in [7, 11) is 0. The molecular formula is C7H9Cl3N2O2. The summed E-state index contributed by atoms with van der Waals surface area (Å²) < 4.78 is -2.00. The van der Waals surface area contributed by atoms with Gasteiger partial charge in [-0.2, -0.15) is 0 Å². The van der Waals surface area contributed by atoms with Gasteiger partial charge in [0, 0.05) is 6.42 Å². The molecule has 0 heterocycles. The van der Waals surface area contributed by atoms with E-state index in [2.05, 4.69) is 0 Å². The minimum absolute atomic E-state index is 0.0553. The molecule has 0 atom stereocenters. The second-order valence-electron chi connectivity index (χ2n) is 2.43. The molecule has 7 heteroatoms. The molecule has 0 aliphatic carbocycles. The van der Waals surface area contributed by atoms with E-state index in [9.17, 15) is 9.59 Å². The van der Waals surface area contributed by atoms with Crippen molar-refractivity contribution in [3.63, 3.8) is 0 Å². The van der Waals surface area contributed by atoms with Crippen LogP contribution in [0.3, 0.4) is 0 Å². The Morgan fingerprint density at radius 3 is 1.86 bits per heavy atom. The Balaban J connectivity index is 5.39. The average Bonchev–Trinajstić information content (AvgIpc) is 2.01. The van der Waals surface area contributed by atoms with Gasteiger partial charge in [0.1, 0.15) is 5.57 Å². The Hall–Kier alpha value is -0.450. The van der Waals surface area contributed by atoms with Crippen molar-refractivity contribution in [2.75, 3.05) is 0 Å². The highest BCUT2D eigenvalue weighted by molar-refractivity contribution is 6.69. The second-order valence-corrected chi connectivity index (χ2v) is 4.71. The molecule has 0 aromatic rings. The number of amides is 1. The molecule has 0 saturated carbocycles. The van der Waals surface area contributed by atoms with E-state index in [0.29, 0.717) is 0 Å². The van der Waals surface area contributed by atoms with Crippen LogP contribution >= 0.6 is 34.8 Å². The lowest BCUT2D eigenvalue weighted by atomic mass is 10.1. The zero-order chi connectivity index (χ0) is 11.5. The van der Waals surface area contributed by atoms with Crippen molar-refractivity contribution in [1.29, 1.82) is 0 Å². The van der Waals surface area contributed by atoms with Gasteiger partial charge >= 0.3 is 0 Å². The molecule has 0 spiro atoms. The highest BCUT2D eigenvalue weighted by atomic mass is 35.6. The molecule has 1 amide bonds. The predicted molar refractivity (Wildman–Crippen MR) is 56.0 cm³/mol. The van der Waals surface area contributed by atoms with E-state index in [-0.39, 0.29) is 6.42 Å². The molecule has 4 nitrogen and oxygen atoms in total. The molecule has 80 valence electrons. The lowest BCUT2D eigenvalue weighted by molar-refractivity contribution is -0.120. The maximum Gasteiger partial charge on any atom is 0.254 e. The lowest BCUT2D eigenvalue weighted by Gasteiger charge is -2.14. The van der Waals surface area contributed by atoms with Crippen LogP contribution in [0.5, 0.6) is 0 Å². The summed E-state index contributed by atoms with van der Waals surface area (Å²) >= 11 is 16.2. The number of carbonyl (C=O) groups is 2. The van der Waals surface area contributed by atoms with Crippen molar-refractivity contribution < 1.29 is 9.59 Å². The van der Waals surface area contributed by atoms with E-state index in [0.717, 1.165) is 0 Å². The number of allylic oxidation sites excluding steroid dienone is 1. The van der Waals surface area contributed by atoms with Crippen LogP contribution in [-0.2, 0) is 9.59 Å². The molecule has 0 unspecified atom stereocenters. The number of alkyl halides is 3. The third kappa shape index (κ3) is 3.36. The smallest absolute Gasteiger partial charge is 0.254 e. The SMILES string of the molecule is CCC(=O)/C(C(N)=O)=C(/N)C(Cl)(Cl)Cl. The number of hydrogen-bond acceptors (Lipinski definition) is 3. The van der Waals surface area contributed by atoms with Gasteiger partial charge in [-0.1, -0.05) is 41.7 Å². The van der Waals surface area contributed by atoms with Crippen LogP contribution in [0.25, 0.3) is 0 Å². The third-order valence-electron chi connectivity index (χ3n) is 1.42. The molecule has 0 fully saturated rings. The number of Topliss-reactive ketones (excluding diaryl/α,β-unsaturated/α-hetero) is 1. The van der Waals surface area contributed by atoms with Crippen LogP contribution < -0.4 is 11.5 Å². The van der Waals surface area contributed by atoms with Crippen molar-refractivity contribution in [2.24, 2.45) is 11.5 Å². The van der Waals surface area contributed by atoms with Crippen molar-refractivity contribution in [3.8, 4) is 0 Å². The molecule has 14 heavy (non-hydrogen) atoms. The maximum absolute atomic E-state index is 11.2. The van der Waals surface area contributed by atoms with Crippen LogP contribution in [0.4, 0.5) is 0 Å². The fourth-order valence-corrected chi connectivity index (χ4v) is 1.02. The zero-order valence-corrected chi connectivity index (χ0v) is 9.58. The summed E-state index contributed by atoms with van der Waals surface area (Å²) in [6, 6.07) is 0. The first-order valence-corrected chi connectivity index (χ1v) is 4.75. The first kappa shape index (κ1) is 13.5. The van der Waals surface area contributed by atoms with Crippen LogP contribution in [0.1, 0.15) is 13.3 Å². The maximum atomic E-state index is 11.2. The van der Waals surface area contributed by atoms with Gasteiger partial charge in [0.15, 0.2) is 5.78 Å². The molecule has 0 aliphatic rings. The van der Waals surface area contributed by atoms with Crippen LogP contribution in [0.15, 0.2) is 11.3 Å². The van der Waals surface area contributed by atoms with Gasteiger partial charge in [0.05, 0.1) is 5.70 Å². The van der Waals surface area contributed by atoms with E-state index in [1.54, 1.807) is 0 Å². The predicted octanol–water partition coefficient (Wildman–Crippen LogP) is 1.03. The Labute approximate surface area is 96.2 Å². The second kappa shape index (κ2) is 4.87. The number of carbonyl (C=O) groups excluding carboxylic acids is 2. The molecule has 0 aromatic heterocycles. The van der Waals surface area contributed by atoms with Gasteiger partial charge in [0.2, 0.25) is 3.79 Å². The Morgan fingerprint density at radius 1 is 1.21 bits per heavy atom. The summed E-state index contributed by atoms with van der Waals surface area (Å²) in [6.07, 6.45) is 0.0553. The van der Waals surface area contributed by atoms with Crippen molar-refractivity contribution in [1.82, 2.24) is 0 Å². The highest BCUT2D eigenvalue weighted by Gasteiger charge is 2.31. The summed E-state index contributed by atoms with van der Waals surface area (Å²) in [4.78, 5) is 22.1. The monoisotopic (exact) mass is 258 g/mol. The standard InChI is InChI=1S/C7H9Cl3N2O2/c1-2-3(13)4(6(12)14)5(11)7(8,9)10/h2,11H2,1H3,(H2,12,14)/b5-4-. The van der Waals surface area contributed by atoms with E-state index < -0.39 is 26.8 Å². The minimum Gasteiger partial charge on any atom is -0.398 e. The highest BCUT2D eigenvalue weighted by Crippen LogP contribution is 2.33. The molecular weight excluding hydrogens is 250 g/mol. The summed E-state index contributed by atoms with van der Waals surface area (Å²) in [5.74, 6) is -1.55. The van der Waals surface area contributed by atoms with Gasteiger partial charge in [-0.15, -0.1) is 0 Å². The first-order valence-electron chi connectivity index (χ1n) is 3.61. The topological polar surface area (TPSA) is 86.2 Å². The Morgan fingerprint density at radius 2 is 1.64 bits per heavy atom. The van der Waals surface area contributed by atoms with E-state index >= 15 is 0 Å². The van der Waals surface area contributed by atoms with Gasteiger partial charge in [-0.25, -0.2) is 0 Å². The molecule has 0 radical (unpaired) electrons. The first-order chi connectivity index (χ1) is 6.21. The summed E-state index contributed by atoms with van der Waals surface area (Å²) in [5, 5.41) is 0. The van der Waals surface area contributed by atoms with E-state index in [4.69, 9.17) is 46.3 Å². The molecule has 0 saturated heterocycles. The molecule has 0 aliphatic heterocycles. The molecule has 0 aromatic carbocycles. The fraction of sp³-hybridized carbons (Fsp3) is 0.429. The van der Waals surface area contributed by atoms with Gasteiger partial charge < -0.3 is 11.5 Å². The van der Waals surface area contributed by atoms with Crippen LogP contribution in [0, 0.1) is 0 Å². The quantitative estimate of drug-likeness (QED) is 0.343. The molecule has 0 bridgehead atoms. The normalized spacial score (nSPS) is 13.4. The molecule has 4 N–H and O–H groups in total.